The van der Waals surface area contributed by atoms with Gasteiger partial charge in [-0.15, -0.1) is 11.3 Å². The first-order valence-electron chi connectivity index (χ1n) is 11.3. The third kappa shape index (κ3) is 6.22. The first kappa shape index (κ1) is 25.4. The molecule has 0 bridgehead atoms. The molecular formula is C25H30N2O6S. The summed E-state index contributed by atoms with van der Waals surface area (Å²) in [5, 5.41) is 0. The molecule has 1 aromatic heterocycles. The van der Waals surface area contributed by atoms with Crippen molar-refractivity contribution < 1.29 is 23.9 Å². The maximum absolute atomic E-state index is 13.2. The minimum absolute atomic E-state index is 0.144. The van der Waals surface area contributed by atoms with E-state index in [4.69, 9.17) is 9.47 Å². The van der Waals surface area contributed by atoms with Crippen LogP contribution in [0.3, 0.4) is 0 Å². The summed E-state index contributed by atoms with van der Waals surface area (Å²) >= 11 is 1.12. The number of carbonyl (C=O) groups is 3. The number of nitrogens with zero attached hydrogens (tertiary/aromatic N) is 2. The zero-order valence-corrected chi connectivity index (χ0v) is 20.7. The fourth-order valence-electron chi connectivity index (χ4n) is 4.16. The summed E-state index contributed by atoms with van der Waals surface area (Å²) in [6.45, 7) is 7.31. The molecule has 1 fully saturated rings. The van der Waals surface area contributed by atoms with E-state index in [0.717, 1.165) is 17.8 Å². The van der Waals surface area contributed by atoms with Crippen molar-refractivity contribution in [1.82, 2.24) is 9.47 Å². The number of aromatic nitrogens is 1. The van der Waals surface area contributed by atoms with Gasteiger partial charge in [-0.2, -0.15) is 0 Å². The molecule has 0 N–H and O–H groups in total. The van der Waals surface area contributed by atoms with Gasteiger partial charge in [0.05, 0.1) is 29.9 Å². The first-order chi connectivity index (χ1) is 16.2. The molecule has 0 aliphatic carbocycles. The molecule has 1 aromatic carbocycles. The topological polar surface area (TPSA) is 94.9 Å². The lowest BCUT2D eigenvalue weighted by Crippen LogP contribution is -2.46. The van der Waals surface area contributed by atoms with Crippen molar-refractivity contribution in [2.45, 2.75) is 33.7 Å². The highest BCUT2D eigenvalue weighted by molar-refractivity contribution is 7.07. The van der Waals surface area contributed by atoms with Gasteiger partial charge in [0.25, 0.3) is 5.56 Å². The van der Waals surface area contributed by atoms with Crippen LogP contribution in [0.2, 0.25) is 0 Å². The number of esters is 2. The lowest BCUT2D eigenvalue weighted by atomic mass is 9.92. The predicted molar refractivity (Wildman–Crippen MR) is 130 cm³/mol. The number of piperidine rings is 1. The van der Waals surface area contributed by atoms with E-state index < -0.39 is 11.9 Å². The number of methoxy groups -OCH3 is 1. The number of rotatable bonds is 6. The molecule has 34 heavy (non-hydrogen) atoms. The van der Waals surface area contributed by atoms with E-state index in [0.29, 0.717) is 45.2 Å². The maximum Gasteiger partial charge on any atom is 0.337 e. The van der Waals surface area contributed by atoms with Crippen molar-refractivity contribution in [1.29, 1.82) is 0 Å². The molecule has 8 nitrogen and oxygen atoms in total. The standard InChI is InChI=1S/C25H30N2O6S/c1-5-33-23(29)12-22-27(15-21(28)26-13-16(2)10-17(3)14-26)24(30)20(34-22)11-18-6-8-19(9-7-18)25(31)32-4/h6-9,11-12,16-17H,5,10,13-15H2,1-4H3/b20-11-,22-12-. The maximum atomic E-state index is 13.2. The van der Waals surface area contributed by atoms with Crippen molar-refractivity contribution in [3.63, 3.8) is 0 Å². The Bertz CT molecular complexity index is 1220. The summed E-state index contributed by atoms with van der Waals surface area (Å²) in [7, 11) is 1.31. The fraction of sp³-hybridized carbons (Fsp3) is 0.440. The van der Waals surface area contributed by atoms with Gasteiger partial charge in [0.2, 0.25) is 5.91 Å². The van der Waals surface area contributed by atoms with Crippen LogP contribution in [0, 0.1) is 11.8 Å². The van der Waals surface area contributed by atoms with Gasteiger partial charge in [-0.3, -0.25) is 14.2 Å². The average Bonchev–Trinajstić information content (AvgIpc) is 3.07. The second-order valence-corrected chi connectivity index (χ2v) is 9.66. The summed E-state index contributed by atoms with van der Waals surface area (Å²) in [5.41, 5.74) is 0.741. The number of benzene rings is 1. The largest absolute Gasteiger partial charge is 0.465 e. The van der Waals surface area contributed by atoms with Gasteiger partial charge in [0.15, 0.2) is 0 Å². The van der Waals surface area contributed by atoms with Gasteiger partial charge in [0, 0.05) is 13.1 Å². The minimum Gasteiger partial charge on any atom is -0.465 e. The van der Waals surface area contributed by atoms with E-state index in [2.05, 4.69) is 13.8 Å². The van der Waals surface area contributed by atoms with Gasteiger partial charge in [0.1, 0.15) is 11.2 Å². The average molecular weight is 487 g/mol. The highest BCUT2D eigenvalue weighted by Gasteiger charge is 2.26. The van der Waals surface area contributed by atoms with Crippen LogP contribution < -0.4 is 14.8 Å². The molecule has 0 saturated carbocycles. The Balaban J connectivity index is 1.99. The molecule has 9 heteroatoms. The quantitative estimate of drug-likeness (QED) is 0.573. The van der Waals surface area contributed by atoms with E-state index in [9.17, 15) is 19.2 Å². The van der Waals surface area contributed by atoms with E-state index in [1.54, 1.807) is 42.2 Å². The Hall–Kier alpha value is -3.20. The Labute approximate surface area is 202 Å². The van der Waals surface area contributed by atoms with Gasteiger partial charge >= 0.3 is 11.9 Å². The Morgan fingerprint density at radius 2 is 1.76 bits per heavy atom. The van der Waals surface area contributed by atoms with Crippen molar-refractivity contribution in [2.75, 3.05) is 26.8 Å². The Morgan fingerprint density at radius 1 is 1.12 bits per heavy atom. The second kappa shape index (κ2) is 11.3. The SMILES string of the molecule is CCOC(=O)/C=c1\s/c(=C\c2ccc(C(=O)OC)cc2)c(=O)n1CC(=O)N1CC(C)CC(C)C1. The van der Waals surface area contributed by atoms with E-state index in [1.807, 2.05) is 0 Å². The van der Waals surface area contributed by atoms with Crippen LogP contribution in [-0.4, -0.2) is 54.1 Å². The van der Waals surface area contributed by atoms with Crippen LogP contribution in [0.4, 0.5) is 0 Å². The normalized spacial score (nSPS) is 19.2. The van der Waals surface area contributed by atoms with E-state index in [1.165, 1.54) is 17.8 Å². The monoisotopic (exact) mass is 486 g/mol. The molecule has 0 spiro atoms. The van der Waals surface area contributed by atoms with Gasteiger partial charge in [-0.1, -0.05) is 26.0 Å². The summed E-state index contributed by atoms with van der Waals surface area (Å²) in [6, 6.07) is 6.62. The molecule has 2 heterocycles. The highest BCUT2D eigenvalue weighted by atomic mass is 32.1. The van der Waals surface area contributed by atoms with E-state index in [-0.39, 0.29) is 24.6 Å². The van der Waals surface area contributed by atoms with Crippen LogP contribution >= 0.6 is 11.3 Å². The third-order valence-electron chi connectivity index (χ3n) is 5.61. The molecule has 3 rings (SSSR count). The Kier molecular flexibility index (Phi) is 8.44. The number of carbonyl (C=O) groups excluding carboxylic acids is 3. The van der Waals surface area contributed by atoms with Crippen LogP contribution in [-0.2, 0) is 25.6 Å². The van der Waals surface area contributed by atoms with Crippen LogP contribution in [0.25, 0.3) is 12.2 Å². The van der Waals surface area contributed by atoms with Gasteiger partial charge in [-0.25, -0.2) is 9.59 Å². The van der Waals surface area contributed by atoms with Crippen LogP contribution in [0.5, 0.6) is 0 Å². The summed E-state index contributed by atoms with van der Waals surface area (Å²) in [5.74, 6) is -0.371. The molecule has 2 atom stereocenters. The van der Waals surface area contributed by atoms with E-state index >= 15 is 0 Å². The smallest absolute Gasteiger partial charge is 0.337 e. The number of amides is 1. The number of ether oxygens (including phenoxy) is 2. The summed E-state index contributed by atoms with van der Waals surface area (Å²) in [6.07, 6.45) is 3.99. The predicted octanol–water partition coefficient (Wildman–Crippen LogP) is 1.37. The van der Waals surface area contributed by atoms with Crippen molar-refractivity contribution in [2.24, 2.45) is 11.8 Å². The molecule has 0 radical (unpaired) electrons. The van der Waals surface area contributed by atoms with Crippen molar-refractivity contribution in [3.8, 4) is 0 Å². The van der Waals surface area contributed by atoms with Gasteiger partial charge < -0.3 is 14.4 Å². The molecule has 1 saturated heterocycles. The van der Waals surface area contributed by atoms with Crippen LogP contribution in [0.1, 0.15) is 43.1 Å². The third-order valence-corrected chi connectivity index (χ3v) is 6.67. The van der Waals surface area contributed by atoms with Crippen LogP contribution in [0.15, 0.2) is 29.1 Å². The molecule has 2 aromatic rings. The molecule has 182 valence electrons. The zero-order chi connectivity index (χ0) is 24.8. The summed E-state index contributed by atoms with van der Waals surface area (Å²) < 4.78 is 11.8. The molecule has 1 aliphatic rings. The molecular weight excluding hydrogens is 456 g/mol. The lowest BCUT2D eigenvalue weighted by molar-refractivity contribution is -0.136. The molecule has 1 aliphatic heterocycles. The van der Waals surface area contributed by atoms with Crippen molar-refractivity contribution in [3.05, 3.63) is 54.9 Å². The zero-order valence-electron chi connectivity index (χ0n) is 19.9. The first-order valence-corrected chi connectivity index (χ1v) is 12.1. The van der Waals surface area contributed by atoms with Gasteiger partial charge in [-0.05, 0) is 49.0 Å². The minimum atomic E-state index is -0.570. The Morgan fingerprint density at radius 3 is 2.35 bits per heavy atom. The number of likely N-dealkylation sites (tertiary alicyclic amines) is 1. The van der Waals surface area contributed by atoms with Crippen molar-refractivity contribution >= 4 is 41.3 Å². The second-order valence-electron chi connectivity index (χ2n) is 8.59. The lowest BCUT2D eigenvalue weighted by Gasteiger charge is -2.35. The highest BCUT2D eigenvalue weighted by Crippen LogP contribution is 2.21. The number of hydrogen-bond acceptors (Lipinski definition) is 7. The summed E-state index contributed by atoms with van der Waals surface area (Å²) in [4.78, 5) is 51.8. The molecule has 1 amide bonds. The fourth-order valence-corrected chi connectivity index (χ4v) is 5.19. The number of thiazole rings is 1. The number of hydrogen-bond donors (Lipinski definition) is 0. The molecule has 2 unspecified atom stereocenters.